The molecule has 3 nitrogen and oxygen atoms in total. The molecule has 142 valence electrons. The van der Waals surface area contributed by atoms with Gasteiger partial charge in [0, 0.05) is 6.61 Å². The smallest absolute Gasteiger partial charge is 0.106 e. The van der Waals surface area contributed by atoms with Crippen LogP contribution in [-0.2, 0) is 17.7 Å². The van der Waals surface area contributed by atoms with E-state index in [9.17, 15) is 0 Å². The van der Waals surface area contributed by atoms with E-state index in [0.717, 1.165) is 42.9 Å². The summed E-state index contributed by atoms with van der Waals surface area (Å²) < 4.78 is 8.65. The summed E-state index contributed by atoms with van der Waals surface area (Å²) in [6.45, 7) is 3.57. The lowest BCUT2D eigenvalue weighted by atomic mass is 10.1. The van der Waals surface area contributed by atoms with Crippen LogP contribution in [0, 0.1) is 6.92 Å². The van der Waals surface area contributed by atoms with Crippen molar-refractivity contribution >= 4 is 11.0 Å². The molecule has 0 radical (unpaired) electrons. The second-order valence-corrected chi connectivity index (χ2v) is 7.12. The molecule has 0 spiro atoms. The number of aryl methyl sites for hydroxylation is 2. The van der Waals surface area contributed by atoms with E-state index in [4.69, 9.17) is 9.72 Å². The lowest BCUT2D eigenvalue weighted by Crippen LogP contribution is -2.15. The molecule has 0 amide bonds. The van der Waals surface area contributed by atoms with Gasteiger partial charge in [-0.15, -0.1) is 0 Å². The zero-order valence-corrected chi connectivity index (χ0v) is 16.3. The Kier molecular flexibility index (Phi) is 5.83. The molecular weight excluding hydrogens is 344 g/mol. The Hall–Kier alpha value is -2.91. The number of nitrogens with zero attached hydrogens (tertiary/aromatic N) is 2. The molecule has 0 fully saturated rings. The van der Waals surface area contributed by atoms with Crippen molar-refractivity contribution in [3.8, 4) is 0 Å². The van der Waals surface area contributed by atoms with Crippen molar-refractivity contribution in [2.24, 2.45) is 0 Å². The van der Waals surface area contributed by atoms with Crippen molar-refractivity contribution in [1.29, 1.82) is 0 Å². The van der Waals surface area contributed by atoms with Crippen molar-refractivity contribution < 1.29 is 4.74 Å². The summed E-state index contributed by atoms with van der Waals surface area (Å²) >= 11 is 0. The minimum atomic E-state index is 0.00767. The molecule has 0 N–H and O–H groups in total. The normalized spacial score (nSPS) is 12.3. The molecule has 0 saturated heterocycles. The predicted octanol–water partition coefficient (Wildman–Crippen LogP) is 5.74. The largest absolute Gasteiger partial charge is 0.372 e. The van der Waals surface area contributed by atoms with Crippen LogP contribution in [0.5, 0.6) is 0 Å². The number of fused-ring (bicyclic) bond motifs is 1. The molecule has 0 aliphatic carbocycles. The van der Waals surface area contributed by atoms with Crippen molar-refractivity contribution in [2.75, 3.05) is 6.61 Å². The lowest BCUT2D eigenvalue weighted by molar-refractivity contribution is 0.0394. The third kappa shape index (κ3) is 4.32. The van der Waals surface area contributed by atoms with Crippen LogP contribution in [0.3, 0.4) is 0 Å². The van der Waals surface area contributed by atoms with Gasteiger partial charge in [-0.25, -0.2) is 4.98 Å². The second kappa shape index (κ2) is 8.85. The first kappa shape index (κ1) is 18.5. The number of benzene rings is 3. The standard InChI is InChI=1S/C25H26N2O/c1-20-26-23-16-8-9-17-24(23)27(20)19-25(22-14-6-3-7-15-22)28-18-10-13-21-11-4-2-5-12-21/h2-9,11-12,14-17,25H,10,13,18-19H2,1H3. The highest BCUT2D eigenvalue weighted by molar-refractivity contribution is 5.75. The molecule has 4 aromatic rings. The summed E-state index contributed by atoms with van der Waals surface area (Å²) in [4.78, 5) is 4.70. The number of hydrogen-bond donors (Lipinski definition) is 0. The van der Waals surface area contributed by atoms with Crippen molar-refractivity contribution in [3.63, 3.8) is 0 Å². The minimum absolute atomic E-state index is 0.00767. The van der Waals surface area contributed by atoms with Gasteiger partial charge in [0.2, 0.25) is 0 Å². The van der Waals surface area contributed by atoms with E-state index in [-0.39, 0.29) is 6.10 Å². The highest BCUT2D eigenvalue weighted by Gasteiger charge is 2.16. The van der Waals surface area contributed by atoms with Gasteiger partial charge in [0.1, 0.15) is 11.9 Å². The monoisotopic (exact) mass is 370 g/mol. The van der Waals surface area contributed by atoms with Crippen LogP contribution < -0.4 is 0 Å². The van der Waals surface area contributed by atoms with E-state index >= 15 is 0 Å². The van der Waals surface area contributed by atoms with Gasteiger partial charge >= 0.3 is 0 Å². The molecule has 1 unspecified atom stereocenters. The van der Waals surface area contributed by atoms with Crippen molar-refractivity contribution in [2.45, 2.75) is 32.4 Å². The predicted molar refractivity (Wildman–Crippen MR) is 114 cm³/mol. The van der Waals surface area contributed by atoms with Gasteiger partial charge in [0.05, 0.1) is 17.6 Å². The topological polar surface area (TPSA) is 27.1 Å². The van der Waals surface area contributed by atoms with E-state index in [2.05, 4.69) is 84.3 Å². The Labute approximate surface area is 166 Å². The summed E-state index contributed by atoms with van der Waals surface area (Å²) in [7, 11) is 0. The maximum absolute atomic E-state index is 6.38. The number of imidazole rings is 1. The molecular formula is C25H26N2O. The Morgan fingerprint density at radius 1 is 0.857 bits per heavy atom. The fourth-order valence-electron chi connectivity index (χ4n) is 3.66. The maximum atomic E-state index is 6.38. The number of aromatic nitrogens is 2. The molecule has 3 aromatic carbocycles. The van der Waals surface area contributed by atoms with E-state index in [1.165, 1.54) is 11.1 Å². The Morgan fingerprint density at radius 3 is 2.32 bits per heavy atom. The van der Waals surface area contributed by atoms with Gasteiger partial charge in [-0.3, -0.25) is 0 Å². The SMILES string of the molecule is Cc1nc2ccccc2n1CC(OCCCc1ccccc1)c1ccccc1. The molecule has 3 heteroatoms. The average Bonchev–Trinajstić information content (AvgIpc) is 3.06. The molecule has 0 aliphatic heterocycles. The van der Waals surface area contributed by atoms with Crippen LogP contribution in [-0.4, -0.2) is 16.2 Å². The summed E-state index contributed by atoms with van der Waals surface area (Å²) in [5.74, 6) is 1.02. The molecule has 1 heterocycles. The Bertz CT molecular complexity index is 1010. The molecule has 1 atom stereocenters. The third-order valence-corrected chi connectivity index (χ3v) is 5.14. The fraction of sp³-hybridized carbons (Fsp3) is 0.240. The average molecular weight is 370 g/mol. The number of rotatable bonds is 8. The molecule has 0 bridgehead atoms. The second-order valence-electron chi connectivity index (χ2n) is 7.12. The van der Waals surface area contributed by atoms with Crippen molar-refractivity contribution in [3.05, 3.63) is 102 Å². The highest BCUT2D eigenvalue weighted by Crippen LogP contribution is 2.24. The molecule has 4 rings (SSSR count). The summed E-state index contributed by atoms with van der Waals surface area (Å²) in [6.07, 6.45) is 2.06. The molecule has 1 aromatic heterocycles. The van der Waals surface area contributed by atoms with Crippen LogP contribution >= 0.6 is 0 Å². The summed E-state index contributed by atoms with van der Waals surface area (Å²) in [5.41, 5.74) is 4.77. The molecule has 28 heavy (non-hydrogen) atoms. The first-order valence-electron chi connectivity index (χ1n) is 9.93. The van der Waals surface area contributed by atoms with Crippen LogP contribution in [0.1, 0.15) is 29.5 Å². The van der Waals surface area contributed by atoms with Gasteiger partial charge in [0.25, 0.3) is 0 Å². The van der Waals surface area contributed by atoms with E-state index < -0.39 is 0 Å². The van der Waals surface area contributed by atoms with Crippen molar-refractivity contribution in [1.82, 2.24) is 9.55 Å². The van der Waals surface area contributed by atoms with Gasteiger partial charge in [0.15, 0.2) is 0 Å². The van der Waals surface area contributed by atoms with E-state index in [1.54, 1.807) is 0 Å². The zero-order valence-electron chi connectivity index (χ0n) is 16.3. The van der Waals surface area contributed by atoms with Crippen LogP contribution in [0.2, 0.25) is 0 Å². The van der Waals surface area contributed by atoms with Crippen LogP contribution in [0.15, 0.2) is 84.9 Å². The van der Waals surface area contributed by atoms with E-state index in [0.29, 0.717) is 0 Å². The van der Waals surface area contributed by atoms with Gasteiger partial charge in [-0.05, 0) is 43.0 Å². The quantitative estimate of drug-likeness (QED) is 0.370. The highest BCUT2D eigenvalue weighted by atomic mass is 16.5. The number of ether oxygens (including phenoxy) is 1. The number of para-hydroxylation sites is 2. The zero-order chi connectivity index (χ0) is 19.2. The first-order valence-corrected chi connectivity index (χ1v) is 9.93. The minimum Gasteiger partial charge on any atom is -0.372 e. The maximum Gasteiger partial charge on any atom is 0.106 e. The third-order valence-electron chi connectivity index (χ3n) is 5.14. The fourth-order valence-corrected chi connectivity index (χ4v) is 3.66. The van der Waals surface area contributed by atoms with E-state index in [1.807, 2.05) is 12.1 Å². The lowest BCUT2D eigenvalue weighted by Gasteiger charge is -2.20. The van der Waals surface area contributed by atoms with Crippen LogP contribution in [0.25, 0.3) is 11.0 Å². The first-order chi connectivity index (χ1) is 13.8. The summed E-state index contributed by atoms with van der Waals surface area (Å²) in [5, 5.41) is 0. The number of hydrogen-bond acceptors (Lipinski definition) is 2. The van der Waals surface area contributed by atoms with Gasteiger partial charge < -0.3 is 9.30 Å². The van der Waals surface area contributed by atoms with Gasteiger partial charge in [-0.2, -0.15) is 0 Å². The Balaban J connectivity index is 1.48. The molecule has 0 saturated carbocycles. The Morgan fingerprint density at radius 2 is 1.54 bits per heavy atom. The van der Waals surface area contributed by atoms with Crippen LogP contribution in [0.4, 0.5) is 0 Å². The summed E-state index contributed by atoms with van der Waals surface area (Å²) in [6, 6.07) is 29.4. The van der Waals surface area contributed by atoms with Gasteiger partial charge in [-0.1, -0.05) is 72.8 Å². The molecule has 0 aliphatic rings.